The molecule has 5 rings (SSSR count). The molecular weight excluding hydrogens is 663 g/mol. The maximum absolute atomic E-state index is 11.4. The second-order valence-corrected chi connectivity index (χ2v) is 16.0. The summed E-state index contributed by atoms with van der Waals surface area (Å²) in [5, 5.41) is 1.04. The molecule has 0 fully saturated rings. The summed E-state index contributed by atoms with van der Waals surface area (Å²) in [7, 11) is -0.849. The summed E-state index contributed by atoms with van der Waals surface area (Å²) >= 11 is 1.85. The summed E-state index contributed by atoms with van der Waals surface area (Å²) in [6.45, 7) is 8.87. The fourth-order valence-electron chi connectivity index (χ4n) is 5.77. The van der Waals surface area contributed by atoms with E-state index in [-0.39, 0.29) is 26.7 Å². The van der Waals surface area contributed by atoms with E-state index in [0.29, 0.717) is 25.7 Å². The van der Waals surface area contributed by atoms with Crippen LogP contribution in [0.4, 0.5) is 5.69 Å². The van der Waals surface area contributed by atoms with Gasteiger partial charge in [-0.3, -0.25) is 0 Å². The third-order valence-electron chi connectivity index (χ3n) is 7.94. The molecule has 0 amide bonds. The van der Waals surface area contributed by atoms with E-state index in [2.05, 4.69) is 53.7 Å². The Morgan fingerprint density at radius 2 is 1.93 bits per heavy atom. The van der Waals surface area contributed by atoms with Crippen molar-refractivity contribution in [2.24, 2.45) is 5.92 Å². The number of allylic oxidation sites excluding steroid dienone is 4. The summed E-state index contributed by atoms with van der Waals surface area (Å²) in [6.07, 6.45) is 6.88. The summed E-state index contributed by atoms with van der Waals surface area (Å²) < 4.78 is 56.0. The molecule has 236 valence electrons. The predicted octanol–water partition coefficient (Wildman–Crippen LogP) is 5.76. The maximum atomic E-state index is 11.4. The Balaban J connectivity index is 1.53. The fraction of sp³-hybridized carbons (Fsp3) is 0.424. The van der Waals surface area contributed by atoms with Crippen molar-refractivity contribution < 1.29 is 31.7 Å². The molecule has 2 heterocycles. The van der Waals surface area contributed by atoms with E-state index in [1.54, 1.807) is 26.0 Å². The van der Waals surface area contributed by atoms with Gasteiger partial charge < -0.3 is 4.55 Å². The van der Waals surface area contributed by atoms with Gasteiger partial charge in [-0.05, 0) is 6.92 Å². The van der Waals surface area contributed by atoms with Crippen molar-refractivity contribution in [2.45, 2.75) is 51.5 Å². The molecule has 0 spiro atoms. The van der Waals surface area contributed by atoms with Crippen LogP contribution in [-0.2, 0) is 21.4 Å². The molecule has 0 N–H and O–H groups in total. The molecule has 11 heteroatoms. The molecule has 1 aliphatic carbocycles. The van der Waals surface area contributed by atoms with Gasteiger partial charge in [0.15, 0.2) is 0 Å². The Morgan fingerprint density at radius 3 is 2.66 bits per heavy atom. The first-order valence-corrected chi connectivity index (χ1v) is 19.0. The summed E-state index contributed by atoms with van der Waals surface area (Å²) in [5.41, 5.74) is 6.10. The third kappa shape index (κ3) is 7.63. The number of hydrogen-bond acceptors (Lipinski definition) is 8. The zero-order valence-corrected chi connectivity index (χ0v) is 29.3. The molecule has 0 bridgehead atoms. The van der Waals surface area contributed by atoms with Gasteiger partial charge >= 0.3 is 245 Å². The van der Waals surface area contributed by atoms with Gasteiger partial charge in [0.1, 0.15) is 0 Å². The zero-order valence-electron chi connectivity index (χ0n) is 25.9. The molecule has 1 aliphatic heterocycles. The first kappa shape index (κ1) is 32.9. The average molecular weight is 704 g/mol. The molecule has 0 radical (unpaired) electrons. The van der Waals surface area contributed by atoms with E-state index in [0.717, 1.165) is 46.5 Å². The zero-order chi connectivity index (χ0) is 31.4. The Bertz CT molecular complexity index is 1730. The number of benzene rings is 2. The predicted molar refractivity (Wildman–Crippen MR) is 177 cm³/mol. The number of rotatable bonds is 12. The monoisotopic (exact) mass is 704 g/mol. The second kappa shape index (κ2) is 14.3. The van der Waals surface area contributed by atoms with Gasteiger partial charge in [-0.1, -0.05) is 0 Å². The Labute approximate surface area is 270 Å². The summed E-state index contributed by atoms with van der Waals surface area (Å²) in [4.78, 5) is 3.23. The summed E-state index contributed by atoms with van der Waals surface area (Å²) in [5.74, 6) is 1.71. The van der Waals surface area contributed by atoms with Gasteiger partial charge in [-0.15, -0.1) is 0 Å². The van der Waals surface area contributed by atoms with E-state index >= 15 is 0 Å². The van der Waals surface area contributed by atoms with Crippen molar-refractivity contribution in [3.8, 4) is 11.5 Å². The molecule has 44 heavy (non-hydrogen) atoms. The van der Waals surface area contributed by atoms with Crippen LogP contribution in [0.5, 0.6) is 11.5 Å². The van der Waals surface area contributed by atoms with Crippen LogP contribution in [0.2, 0.25) is 0 Å². The van der Waals surface area contributed by atoms with Crippen LogP contribution in [0.3, 0.4) is 0 Å². The van der Waals surface area contributed by atoms with Crippen molar-refractivity contribution in [1.29, 1.82) is 0 Å². The van der Waals surface area contributed by atoms with Crippen molar-refractivity contribution in [3.05, 3.63) is 68.8 Å². The third-order valence-corrected chi connectivity index (χ3v) is 12.2. The number of anilines is 1. The van der Waals surface area contributed by atoms with Gasteiger partial charge in [-0.2, -0.15) is 0 Å². The number of hydrogen-bond donors (Lipinski definition) is 0. The molecule has 3 aromatic rings. The van der Waals surface area contributed by atoms with Gasteiger partial charge in [0.2, 0.25) is 0 Å². The van der Waals surface area contributed by atoms with Crippen LogP contribution in [0.1, 0.15) is 44.6 Å². The Morgan fingerprint density at radius 1 is 1.14 bits per heavy atom. The van der Waals surface area contributed by atoms with Crippen LogP contribution >= 0.6 is 11.8 Å². The van der Waals surface area contributed by atoms with Crippen molar-refractivity contribution in [3.63, 3.8) is 0 Å². The van der Waals surface area contributed by atoms with E-state index in [1.165, 1.54) is 31.1 Å². The molecule has 8 nitrogen and oxygen atoms in total. The Kier molecular flexibility index (Phi) is 10.7. The molecule has 2 aliphatic rings. The van der Waals surface area contributed by atoms with Crippen LogP contribution in [0.15, 0.2) is 69.1 Å². The summed E-state index contributed by atoms with van der Waals surface area (Å²) in [6, 6.07) is 12.4. The molecular formula is C33H40N2O6S2Se. The van der Waals surface area contributed by atoms with Gasteiger partial charge in [-0.25, -0.2) is 8.42 Å². The van der Waals surface area contributed by atoms with E-state index in [4.69, 9.17) is 14.2 Å². The first-order valence-electron chi connectivity index (χ1n) is 14.9. The average Bonchev–Trinajstić information content (AvgIpc) is 3.49. The van der Waals surface area contributed by atoms with Crippen molar-refractivity contribution >= 4 is 57.9 Å². The normalized spacial score (nSPS) is 19.0. The topological polar surface area (TPSA) is 92.0 Å². The fourth-order valence-corrected chi connectivity index (χ4v) is 9.77. The Hall–Kier alpha value is -2.53. The number of methoxy groups -OCH3 is 2. The molecule has 1 atom stereocenters. The van der Waals surface area contributed by atoms with Crippen LogP contribution in [0.25, 0.3) is 15.9 Å². The first-order chi connectivity index (χ1) is 21.1. The van der Waals surface area contributed by atoms with Crippen LogP contribution < -0.4 is 18.9 Å². The number of thioether (sulfide) groups is 1. The minimum absolute atomic E-state index is 0.169. The molecule has 1 unspecified atom stereocenters. The number of nitrogens with zero attached hydrogens (tertiary/aromatic N) is 2. The van der Waals surface area contributed by atoms with Gasteiger partial charge in [0.05, 0.1) is 6.61 Å². The second-order valence-electron chi connectivity index (χ2n) is 11.2. The quantitative estimate of drug-likeness (QED) is 0.134. The van der Waals surface area contributed by atoms with Gasteiger partial charge in [0.25, 0.3) is 0 Å². The SMILES string of the molecule is CCOc1ccc2c(c1)N(CCCS(=O)(=O)[O-])C(=CC1=C(C)C(=Cc3[se]c4ccc(OC)cc4[n+]3CCOC)CC(C)C1)S2. The van der Waals surface area contributed by atoms with Crippen molar-refractivity contribution in [1.82, 2.24) is 0 Å². The molecule has 0 saturated carbocycles. The van der Waals surface area contributed by atoms with Gasteiger partial charge in [0, 0.05) is 0 Å². The van der Waals surface area contributed by atoms with Crippen LogP contribution in [0, 0.1) is 5.92 Å². The molecule has 1 aromatic heterocycles. The molecule has 0 saturated heterocycles. The van der Waals surface area contributed by atoms with E-state index in [1.807, 2.05) is 25.1 Å². The minimum atomic E-state index is -4.29. The number of fused-ring (bicyclic) bond motifs is 2. The standard InChI is InChI=1S/C33H40N2O6S2Se/c1-6-41-27-8-10-30-28(21-27)34(12-7-15-43(36,37)38)32(42-30)18-24-16-22(2)17-25(23(24)3)19-33-35(13-14-39-4)29-20-26(40-5)9-11-31(29)44-33/h8-11,18-22H,6-7,12-17H2,1-5H3. The van der Waals surface area contributed by atoms with E-state index in [9.17, 15) is 13.0 Å². The number of ether oxygens (including phenoxy) is 3. The van der Waals surface area contributed by atoms with Crippen molar-refractivity contribution in [2.75, 3.05) is 44.6 Å². The molecule has 2 aromatic carbocycles. The van der Waals surface area contributed by atoms with E-state index < -0.39 is 10.1 Å². The number of aromatic nitrogens is 1. The van der Waals surface area contributed by atoms with Crippen LogP contribution in [-0.4, -0.2) is 67.2 Å².